The minimum absolute atomic E-state index is 0.0960. The Bertz CT molecular complexity index is 484. The molecule has 17 heavy (non-hydrogen) atoms. The van der Waals surface area contributed by atoms with Crippen molar-refractivity contribution in [3.8, 4) is 0 Å². The SMILES string of the molecule is Cn1cc(S(=O)(=O)N[C@@H]2CCOC[C@H]2O)cn1. The van der Waals surface area contributed by atoms with Gasteiger partial charge in [-0.25, -0.2) is 13.1 Å². The summed E-state index contributed by atoms with van der Waals surface area (Å²) in [4.78, 5) is 0.0960. The van der Waals surface area contributed by atoms with Gasteiger partial charge in [0.1, 0.15) is 4.90 Å². The number of ether oxygens (including phenoxy) is 1. The number of hydrogen-bond donors (Lipinski definition) is 2. The second kappa shape index (κ2) is 4.73. The van der Waals surface area contributed by atoms with Crippen molar-refractivity contribution in [1.82, 2.24) is 14.5 Å². The first-order valence-corrected chi connectivity index (χ1v) is 6.74. The van der Waals surface area contributed by atoms with E-state index in [1.807, 2.05) is 0 Å². The maximum absolute atomic E-state index is 11.9. The fraction of sp³-hybridized carbons (Fsp3) is 0.667. The zero-order valence-corrected chi connectivity index (χ0v) is 10.2. The monoisotopic (exact) mass is 261 g/mol. The molecule has 0 amide bonds. The van der Waals surface area contributed by atoms with Gasteiger partial charge >= 0.3 is 0 Å². The van der Waals surface area contributed by atoms with Crippen molar-refractivity contribution < 1.29 is 18.3 Å². The number of nitrogens with zero attached hydrogens (tertiary/aromatic N) is 2. The molecule has 1 saturated heterocycles. The minimum atomic E-state index is -3.62. The molecule has 0 saturated carbocycles. The lowest BCUT2D eigenvalue weighted by Crippen LogP contribution is -2.48. The highest BCUT2D eigenvalue weighted by Crippen LogP contribution is 2.13. The topological polar surface area (TPSA) is 93.5 Å². The molecule has 0 aromatic carbocycles. The fourth-order valence-corrected chi connectivity index (χ4v) is 2.95. The number of hydrogen-bond acceptors (Lipinski definition) is 5. The summed E-state index contributed by atoms with van der Waals surface area (Å²) in [5.41, 5.74) is 0. The van der Waals surface area contributed by atoms with E-state index in [0.29, 0.717) is 13.0 Å². The Hall–Kier alpha value is -0.960. The normalized spacial score (nSPS) is 26.0. The van der Waals surface area contributed by atoms with E-state index in [-0.39, 0.29) is 11.5 Å². The molecule has 2 heterocycles. The number of aromatic nitrogens is 2. The van der Waals surface area contributed by atoms with Crippen molar-refractivity contribution in [2.24, 2.45) is 7.05 Å². The molecule has 1 aromatic heterocycles. The summed E-state index contributed by atoms with van der Waals surface area (Å²) in [5, 5.41) is 13.4. The van der Waals surface area contributed by atoms with Gasteiger partial charge in [-0.15, -0.1) is 0 Å². The molecule has 0 unspecified atom stereocenters. The molecule has 1 aliphatic rings. The molecule has 8 heteroatoms. The van der Waals surface area contributed by atoms with E-state index in [0.717, 1.165) is 0 Å². The van der Waals surface area contributed by atoms with Gasteiger partial charge in [0, 0.05) is 19.9 Å². The van der Waals surface area contributed by atoms with Gasteiger partial charge < -0.3 is 9.84 Å². The Morgan fingerprint density at radius 2 is 2.41 bits per heavy atom. The zero-order valence-electron chi connectivity index (χ0n) is 9.41. The molecule has 0 bridgehead atoms. The highest BCUT2D eigenvalue weighted by molar-refractivity contribution is 7.89. The number of rotatable bonds is 3. The molecule has 0 spiro atoms. The van der Waals surface area contributed by atoms with Crippen LogP contribution in [0.2, 0.25) is 0 Å². The second-order valence-corrected chi connectivity index (χ2v) is 5.72. The van der Waals surface area contributed by atoms with Gasteiger partial charge in [-0.1, -0.05) is 0 Å². The highest BCUT2D eigenvalue weighted by Gasteiger charge is 2.29. The van der Waals surface area contributed by atoms with Crippen LogP contribution >= 0.6 is 0 Å². The molecule has 1 aromatic rings. The third-order valence-corrected chi connectivity index (χ3v) is 4.07. The molecular formula is C9H15N3O4S. The average Bonchev–Trinajstić information content (AvgIpc) is 2.69. The van der Waals surface area contributed by atoms with Gasteiger partial charge in [0.2, 0.25) is 10.0 Å². The van der Waals surface area contributed by atoms with E-state index < -0.39 is 22.2 Å². The smallest absolute Gasteiger partial charge is 0.244 e. The van der Waals surface area contributed by atoms with Crippen molar-refractivity contribution in [3.63, 3.8) is 0 Å². The van der Waals surface area contributed by atoms with Gasteiger partial charge in [-0.05, 0) is 6.42 Å². The quantitative estimate of drug-likeness (QED) is 0.716. The number of sulfonamides is 1. The van der Waals surface area contributed by atoms with Gasteiger partial charge in [-0.2, -0.15) is 5.10 Å². The first-order valence-electron chi connectivity index (χ1n) is 5.26. The standard InChI is InChI=1S/C9H15N3O4S/c1-12-5-7(4-10-12)17(14,15)11-8-2-3-16-6-9(8)13/h4-5,8-9,11,13H,2-3,6H2,1H3/t8-,9-/m1/s1. The van der Waals surface area contributed by atoms with Crippen molar-refractivity contribution in [2.75, 3.05) is 13.2 Å². The minimum Gasteiger partial charge on any atom is -0.389 e. The maximum atomic E-state index is 11.9. The van der Waals surface area contributed by atoms with Crippen LogP contribution in [0.3, 0.4) is 0 Å². The summed E-state index contributed by atoms with van der Waals surface area (Å²) in [6, 6.07) is -0.506. The highest BCUT2D eigenvalue weighted by atomic mass is 32.2. The van der Waals surface area contributed by atoms with Crippen LogP contribution in [0, 0.1) is 0 Å². The Morgan fingerprint density at radius 1 is 1.65 bits per heavy atom. The van der Waals surface area contributed by atoms with Crippen LogP contribution in [0.5, 0.6) is 0 Å². The lowest BCUT2D eigenvalue weighted by molar-refractivity contribution is -0.0222. The van der Waals surface area contributed by atoms with E-state index in [1.54, 1.807) is 7.05 Å². The Kier molecular flexibility index (Phi) is 3.48. The molecule has 96 valence electrons. The fourth-order valence-electron chi connectivity index (χ4n) is 1.67. The van der Waals surface area contributed by atoms with E-state index in [9.17, 15) is 13.5 Å². The molecular weight excluding hydrogens is 246 g/mol. The van der Waals surface area contributed by atoms with E-state index >= 15 is 0 Å². The van der Waals surface area contributed by atoms with Crippen LogP contribution in [0.4, 0.5) is 0 Å². The number of aliphatic hydroxyl groups is 1. The first kappa shape index (κ1) is 12.5. The Balaban J connectivity index is 2.11. The third-order valence-electron chi connectivity index (χ3n) is 2.62. The summed E-state index contributed by atoms with van der Waals surface area (Å²) < 4.78 is 32.8. The predicted octanol–water partition coefficient (Wildman–Crippen LogP) is -1.15. The molecule has 0 aliphatic carbocycles. The number of nitrogens with one attached hydrogen (secondary N) is 1. The molecule has 2 N–H and O–H groups in total. The molecule has 2 atom stereocenters. The maximum Gasteiger partial charge on any atom is 0.244 e. The Labute approximate surface area is 99.4 Å². The predicted molar refractivity (Wildman–Crippen MR) is 58.8 cm³/mol. The number of aryl methyl sites for hydroxylation is 1. The van der Waals surface area contributed by atoms with Crippen LogP contribution in [-0.4, -0.2) is 48.7 Å². The molecule has 1 aliphatic heterocycles. The van der Waals surface area contributed by atoms with Crippen molar-refractivity contribution in [1.29, 1.82) is 0 Å². The van der Waals surface area contributed by atoms with Gasteiger partial charge in [-0.3, -0.25) is 4.68 Å². The van der Waals surface area contributed by atoms with Gasteiger partial charge in [0.15, 0.2) is 0 Å². The van der Waals surface area contributed by atoms with E-state index in [4.69, 9.17) is 4.74 Å². The third kappa shape index (κ3) is 2.83. The molecule has 0 radical (unpaired) electrons. The average molecular weight is 261 g/mol. The zero-order chi connectivity index (χ0) is 12.5. The lowest BCUT2D eigenvalue weighted by atomic mass is 10.1. The largest absolute Gasteiger partial charge is 0.389 e. The second-order valence-electron chi connectivity index (χ2n) is 4.01. The van der Waals surface area contributed by atoms with Crippen LogP contribution < -0.4 is 4.72 Å². The summed E-state index contributed by atoms with van der Waals surface area (Å²) in [6.07, 6.45) is 2.33. The van der Waals surface area contributed by atoms with E-state index in [1.165, 1.54) is 17.1 Å². The van der Waals surface area contributed by atoms with Crippen molar-refractivity contribution in [3.05, 3.63) is 12.4 Å². The summed E-state index contributed by atoms with van der Waals surface area (Å²) in [5.74, 6) is 0. The summed E-state index contributed by atoms with van der Waals surface area (Å²) in [6.45, 7) is 0.595. The van der Waals surface area contributed by atoms with Gasteiger partial charge in [0.25, 0.3) is 0 Å². The van der Waals surface area contributed by atoms with Crippen molar-refractivity contribution >= 4 is 10.0 Å². The summed E-state index contributed by atoms with van der Waals surface area (Å²) in [7, 11) is -1.98. The van der Waals surface area contributed by atoms with Gasteiger partial charge in [0.05, 0.1) is 24.9 Å². The summed E-state index contributed by atoms with van der Waals surface area (Å²) >= 11 is 0. The first-order chi connectivity index (χ1) is 7.99. The Morgan fingerprint density at radius 3 is 3.00 bits per heavy atom. The van der Waals surface area contributed by atoms with Crippen molar-refractivity contribution in [2.45, 2.75) is 23.5 Å². The van der Waals surface area contributed by atoms with Crippen LogP contribution in [0.15, 0.2) is 17.3 Å². The molecule has 1 fully saturated rings. The number of aliphatic hydroxyl groups excluding tert-OH is 1. The van der Waals surface area contributed by atoms with Crippen LogP contribution in [0.25, 0.3) is 0 Å². The van der Waals surface area contributed by atoms with Crippen LogP contribution in [-0.2, 0) is 21.8 Å². The molecule has 7 nitrogen and oxygen atoms in total. The molecule has 2 rings (SSSR count). The van der Waals surface area contributed by atoms with Crippen LogP contribution in [0.1, 0.15) is 6.42 Å². The lowest BCUT2D eigenvalue weighted by Gasteiger charge is -2.27. The van der Waals surface area contributed by atoms with E-state index in [2.05, 4.69) is 9.82 Å².